The molecule has 1 saturated carbocycles. The fraction of sp³-hybridized carbons (Fsp3) is 0.448. The zero-order valence-corrected chi connectivity index (χ0v) is 20.6. The van der Waals surface area contributed by atoms with Gasteiger partial charge in [-0.25, -0.2) is 4.98 Å². The summed E-state index contributed by atoms with van der Waals surface area (Å²) >= 11 is 1.80. The molecule has 5 rings (SSSR count). The maximum Gasteiger partial charge on any atom is 0.303 e. The van der Waals surface area contributed by atoms with Crippen LogP contribution in [0.25, 0.3) is 11.3 Å². The van der Waals surface area contributed by atoms with E-state index in [1.807, 2.05) is 0 Å². The first-order chi connectivity index (χ1) is 16.6. The SMILES string of the molecule is O=C(O)CC[C@H]1CC[C@H](c2nc(-c3ccc4c(c3)CCN(Cc3ccccc3)CC4)cs2)CC1. The summed E-state index contributed by atoms with van der Waals surface area (Å²) < 4.78 is 0. The van der Waals surface area contributed by atoms with E-state index in [0.29, 0.717) is 18.3 Å². The maximum atomic E-state index is 10.9. The third-order valence-electron chi connectivity index (χ3n) is 7.63. The molecule has 1 aliphatic carbocycles. The Balaban J connectivity index is 1.20. The second kappa shape index (κ2) is 10.8. The van der Waals surface area contributed by atoms with Crippen LogP contribution in [0, 0.1) is 5.92 Å². The minimum Gasteiger partial charge on any atom is -0.481 e. The molecule has 0 spiro atoms. The lowest BCUT2D eigenvalue weighted by molar-refractivity contribution is -0.137. The summed E-state index contributed by atoms with van der Waals surface area (Å²) in [6.45, 7) is 3.23. The quantitative estimate of drug-likeness (QED) is 0.422. The van der Waals surface area contributed by atoms with E-state index >= 15 is 0 Å². The summed E-state index contributed by atoms with van der Waals surface area (Å²) in [5, 5.41) is 12.4. The molecule has 1 N–H and O–H groups in total. The van der Waals surface area contributed by atoms with Crippen LogP contribution in [0.4, 0.5) is 0 Å². The molecule has 0 saturated heterocycles. The topological polar surface area (TPSA) is 53.4 Å². The summed E-state index contributed by atoms with van der Waals surface area (Å²) in [5.74, 6) is 0.432. The molecule has 1 aromatic heterocycles. The standard InChI is InChI=1S/C29H34N2O2S/c32-28(33)13-8-21-6-9-24(10-7-21)29-30-27(20-34-29)26-12-11-23-14-16-31(17-15-25(23)18-26)19-22-4-2-1-3-5-22/h1-5,11-12,18,20-21,24H,6-10,13-17,19H2,(H,32,33)/t21-,24-. The summed E-state index contributed by atoms with van der Waals surface area (Å²) in [6.07, 6.45) is 7.86. The predicted octanol–water partition coefficient (Wildman–Crippen LogP) is 6.55. The van der Waals surface area contributed by atoms with Gasteiger partial charge in [-0.1, -0.05) is 42.5 Å². The van der Waals surface area contributed by atoms with Gasteiger partial charge in [0, 0.05) is 42.9 Å². The van der Waals surface area contributed by atoms with Gasteiger partial charge in [0.05, 0.1) is 10.7 Å². The molecule has 3 aromatic rings. The van der Waals surface area contributed by atoms with E-state index in [-0.39, 0.29) is 0 Å². The van der Waals surface area contributed by atoms with Gasteiger partial charge in [-0.2, -0.15) is 0 Å². The summed E-state index contributed by atoms with van der Waals surface area (Å²) in [6, 6.07) is 17.7. The monoisotopic (exact) mass is 474 g/mol. The Morgan fingerprint density at radius 1 is 1.00 bits per heavy atom. The first-order valence-electron chi connectivity index (χ1n) is 12.7. The van der Waals surface area contributed by atoms with Gasteiger partial charge in [0.25, 0.3) is 0 Å². The van der Waals surface area contributed by atoms with Gasteiger partial charge >= 0.3 is 5.97 Å². The number of benzene rings is 2. The smallest absolute Gasteiger partial charge is 0.303 e. The highest BCUT2D eigenvalue weighted by Crippen LogP contribution is 2.39. The summed E-state index contributed by atoms with van der Waals surface area (Å²) in [4.78, 5) is 18.5. The van der Waals surface area contributed by atoms with Crippen molar-refractivity contribution < 1.29 is 9.90 Å². The normalized spacial score (nSPS) is 21.1. The second-order valence-electron chi connectivity index (χ2n) is 9.97. The van der Waals surface area contributed by atoms with Gasteiger partial charge in [-0.05, 0) is 73.6 Å². The number of carbonyl (C=O) groups is 1. The van der Waals surface area contributed by atoms with E-state index in [2.05, 4.69) is 58.8 Å². The molecule has 0 radical (unpaired) electrons. The molecule has 0 unspecified atom stereocenters. The summed E-state index contributed by atoms with van der Waals surface area (Å²) in [5.41, 5.74) is 6.70. The van der Waals surface area contributed by atoms with Crippen LogP contribution in [0.1, 0.15) is 66.1 Å². The highest BCUT2D eigenvalue weighted by atomic mass is 32.1. The Bertz CT molecular complexity index is 1100. The minimum atomic E-state index is -0.670. The molecule has 1 fully saturated rings. The van der Waals surface area contributed by atoms with Gasteiger partial charge in [0.1, 0.15) is 0 Å². The molecule has 2 aromatic carbocycles. The highest BCUT2D eigenvalue weighted by Gasteiger charge is 2.25. The third-order valence-corrected chi connectivity index (χ3v) is 8.64. The van der Waals surface area contributed by atoms with Crippen LogP contribution in [0.5, 0.6) is 0 Å². The predicted molar refractivity (Wildman–Crippen MR) is 138 cm³/mol. The molecule has 1 aliphatic heterocycles. The van der Waals surface area contributed by atoms with Gasteiger partial charge < -0.3 is 5.11 Å². The number of fused-ring (bicyclic) bond motifs is 1. The van der Waals surface area contributed by atoms with E-state index in [4.69, 9.17) is 10.1 Å². The molecular weight excluding hydrogens is 440 g/mol. The van der Waals surface area contributed by atoms with E-state index in [0.717, 1.165) is 70.3 Å². The molecular formula is C29H34N2O2S. The van der Waals surface area contributed by atoms with Crippen molar-refractivity contribution in [1.82, 2.24) is 9.88 Å². The van der Waals surface area contributed by atoms with Crippen LogP contribution in [-0.4, -0.2) is 34.0 Å². The van der Waals surface area contributed by atoms with Gasteiger partial charge in [-0.3, -0.25) is 9.69 Å². The van der Waals surface area contributed by atoms with Crippen molar-refractivity contribution in [3.05, 3.63) is 75.6 Å². The highest BCUT2D eigenvalue weighted by molar-refractivity contribution is 7.10. The van der Waals surface area contributed by atoms with Crippen molar-refractivity contribution in [2.75, 3.05) is 13.1 Å². The Hall–Kier alpha value is -2.50. The number of hydrogen-bond acceptors (Lipinski definition) is 4. The molecule has 178 valence electrons. The van der Waals surface area contributed by atoms with E-state index in [9.17, 15) is 4.79 Å². The third kappa shape index (κ3) is 5.76. The lowest BCUT2D eigenvalue weighted by Crippen LogP contribution is -2.25. The van der Waals surface area contributed by atoms with E-state index < -0.39 is 5.97 Å². The van der Waals surface area contributed by atoms with Crippen LogP contribution in [0.15, 0.2) is 53.9 Å². The molecule has 0 bridgehead atoms. The lowest BCUT2D eigenvalue weighted by atomic mass is 9.80. The average molecular weight is 475 g/mol. The van der Waals surface area contributed by atoms with Crippen LogP contribution in [0.2, 0.25) is 0 Å². The number of aromatic nitrogens is 1. The molecule has 0 amide bonds. The number of nitrogens with zero attached hydrogens (tertiary/aromatic N) is 2. The Morgan fingerprint density at radius 2 is 1.76 bits per heavy atom. The second-order valence-corrected chi connectivity index (χ2v) is 10.9. The zero-order valence-electron chi connectivity index (χ0n) is 19.8. The molecule has 5 heteroatoms. The van der Waals surface area contributed by atoms with Crippen molar-refractivity contribution in [3.63, 3.8) is 0 Å². The van der Waals surface area contributed by atoms with E-state index in [1.165, 1.54) is 27.3 Å². The van der Waals surface area contributed by atoms with Gasteiger partial charge in [0.2, 0.25) is 0 Å². The summed E-state index contributed by atoms with van der Waals surface area (Å²) in [7, 11) is 0. The molecule has 2 heterocycles. The number of hydrogen-bond donors (Lipinski definition) is 1. The maximum absolute atomic E-state index is 10.9. The average Bonchev–Trinajstić information content (AvgIpc) is 3.27. The Kier molecular flexibility index (Phi) is 7.41. The van der Waals surface area contributed by atoms with Crippen LogP contribution in [-0.2, 0) is 24.2 Å². The number of carboxylic acids is 1. The van der Waals surface area contributed by atoms with Crippen LogP contribution >= 0.6 is 11.3 Å². The van der Waals surface area contributed by atoms with Crippen molar-refractivity contribution >= 4 is 17.3 Å². The largest absolute Gasteiger partial charge is 0.481 e. The number of carboxylic acid groups (broad SMARTS) is 1. The molecule has 34 heavy (non-hydrogen) atoms. The molecule has 2 aliphatic rings. The molecule has 0 atom stereocenters. The minimum absolute atomic E-state index is 0.305. The van der Waals surface area contributed by atoms with Gasteiger partial charge in [0.15, 0.2) is 0 Å². The lowest BCUT2D eigenvalue weighted by Gasteiger charge is -2.26. The van der Waals surface area contributed by atoms with E-state index in [1.54, 1.807) is 11.3 Å². The van der Waals surface area contributed by atoms with Crippen LogP contribution < -0.4 is 0 Å². The van der Waals surface area contributed by atoms with Gasteiger partial charge in [-0.15, -0.1) is 11.3 Å². The first-order valence-corrected chi connectivity index (χ1v) is 13.6. The fourth-order valence-corrected chi connectivity index (χ4v) is 6.56. The van der Waals surface area contributed by atoms with Crippen molar-refractivity contribution in [1.29, 1.82) is 0 Å². The number of aliphatic carboxylic acids is 1. The van der Waals surface area contributed by atoms with Crippen molar-refractivity contribution in [3.8, 4) is 11.3 Å². The number of thiazole rings is 1. The van der Waals surface area contributed by atoms with Crippen LogP contribution in [0.3, 0.4) is 0 Å². The fourth-order valence-electron chi connectivity index (χ4n) is 5.56. The Labute approximate surface area is 206 Å². The van der Waals surface area contributed by atoms with Crippen molar-refractivity contribution in [2.45, 2.75) is 63.8 Å². The molecule has 4 nitrogen and oxygen atoms in total. The van der Waals surface area contributed by atoms with Crippen molar-refractivity contribution in [2.24, 2.45) is 5.92 Å². The Morgan fingerprint density at radius 3 is 2.53 bits per heavy atom. The number of rotatable bonds is 7. The first kappa shape index (κ1) is 23.3. The zero-order chi connectivity index (χ0) is 23.3.